The number of nitrogens with one attached hydrogen (secondary N) is 1. The van der Waals surface area contributed by atoms with Crippen LogP contribution in [0.3, 0.4) is 0 Å². The Kier molecular flexibility index (Phi) is 4.17. The Hall–Kier alpha value is -2.60. The molecule has 0 unspecified atom stereocenters. The fourth-order valence-corrected chi connectivity index (χ4v) is 1.53. The highest BCUT2D eigenvalue weighted by Gasteiger charge is 2.11. The van der Waals surface area contributed by atoms with Gasteiger partial charge in [0, 0.05) is 6.08 Å². The van der Waals surface area contributed by atoms with E-state index in [0.29, 0.717) is 5.69 Å². The minimum atomic E-state index is -1.08. The summed E-state index contributed by atoms with van der Waals surface area (Å²) >= 11 is 5.58. The molecule has 1 amide bonds. The fraction of sp³-hybridized carbons (Fsp3) is 0. The summed E-state index contributed by atoms with van der Waals surface area (Å²) in [6, 6.07) is 7.71. The van der Waals surface area contributed by atoms with Gasteiger partial charge in [0.15, 0.2) is 11.0 Å². The monoisotopic (exact) mass is 292 g/mol. The lowest BCUT2D eigenvalue weighted by Gasteiger charge is -2.02. The van der Waals surface area contributed by atoms with Gasteiger partial charge >= 0.3 is 5.97 Å². The van der Waals surface area contributed by atoms with E-state index >= 15 is 0 Å². The van der Waals surface area contributed by atoms with Gasteiger partial charge < -0.3 is 14.8 Å². The molecule has 102 valence electrons. The van der Waals surface area contributed by atoms with E-state index in [1.54, 1.807) is 18.2 Å². The topological polar surface area (TPSA) is 92.4 Å². The van der Waals surface area contributed by atoms with Crippen LogP contribution in [0.2, 0.25) is 5.22 Å². The molecule has 0 saturated heterocycles. The van der Waals surface area contributed by atoms with E-state index in [1.807, 2.05) is 0 Å². The van der Waals surface area contributed by atoms with Gasteiger partial charge in [-0.1, -0.05) is 6.07 Å². The minimum Gasteiger partial charge on any atom is -0.478 e. The third-order valence-corrected chi connectivity index (χ3v) is 2.41. The Morgan fingerprint density at radius 1 is 1.30 bits per heavy atom. The summed E-state index contributed by atoms with van der Waals surface area (Å²) in [6.45, 7) is 0. The number of hydrogen-bond donors (Lipinski definition) is 2. The predicted molar refractivity (Wildman–Crippen MR) is 72.6 cm³/mol. The molecule has 0 fully saturated rings. The van der Waals surface area contributed by atoms with Gasteiger partial charge in [0.25, 0.3) is 5.91 Å². The molecule has 0 aliphatic rings. The van der Waals surface area contributed by atoms with E-state index in [0.717, 1.165) is 6.08 Å². The molecular formula is C13H9ClN2O4. The number of pyridine rings is 1. The summed E-state index contributed by atoms with van der Waals surface area (Å²) in [7, 11) is 0. The van der Waals surface area contributed by atoms with Gasteiger partial charge in [-0.2, -0.15) is 0 Å². The molecule has 6 nitrogen and oxygen atoms in total. The normalized spacial score (nSPS) is 10.7. The number of hydrogen-bond acceptors (Lipinski definition) is 4. The zero-order valence-electron chi connectivity index (χ0n) is 10.0. The van der Waals surface area contributed by atoms with Crippen molar-refractivity contribution in [3.63, 3.8) is 0 Å². The van der Waals surface area contributed by atoms with Crippen LogP contribution in [0, 0.1) is 0 Å². The van der Waals surface area contributed by atoms with Crippen molar-refractivity contribution in [1.82, 2.24) is 4.98 Å². The van der Waals surface area contributed by atoms with Crippen molar-refractivity contribution < 1.29 is 19.1 Å². The number of carbonyl (C=O) groups is 2. The number of rotatable bonds is 4. The maximum Gasteiger partial charge on any atom is 0.328 e. The van der Waals surface area contributed by atoms with Crippen LogP contribution in [-0.4, -0.2) is 22.0 Å². The zero-order valence-corrected chi connectivity index (χ0v) is 10.8. The standard InChI is InChI=1S/C13H9ClN2O4/c14-10-6-5-9(20-10)13(19)16-11-3-1-2-8(15-11)4-7-12(17)18/h1-7H,(H,17,18)(H,15,16,19). The number of carboxylic acid groups (broad SMARTS) is 1. The lowest BCUT2D eigenvalue weighted by atomic mass is 10.3. The van der Waals surface area contributed by atoms with Crippen molar-refractivity contribution in [3.05, 3.63) is 53.1 Å². The van der Waals surface area contributed by atoms with Crippen LogP contribution in [0.4, 0.5) is 5.82 Å². The number of amides is 1. The van der Waals surface area contributed by atoms with E-state index in [1.165, 1.54) is 18.2 Å². The minimum absolute atomic E-state index is 0.0586. The number of aliphatic carboxylic acids is 1. The van der Waals surface area contributed by atoms with Crippen molar-refractivity contribution >= 4 is 35.4 Å². The summed E-state index contributed by atoms with van der Waals surface area (Å²) in [4.78, 5) is 26.3. The average molecular weight is 293 g/mol. The Bertz CT molecular complexity index is 679. The number of aromatic nitrogens is 1. The highest BCUT2D eigenvalue weighted by atomic mass is 35.5. The van der Waals surface area contributed by atoms with E-state index in [-0.39, 0.29) is 16.8 Å². The predicted octanol–water partition coefficient (Wildman–Crippen LogP) is 2.68. The first-order valence-corrected chi connectivity index (χ1v) is 5.87. The van der Waals surface area contributed by atoms with Crippen LogP contribution in [-0.2, 0) is 4.79 Å². The Morgan fingerprint density at radius 2 is 2.10 bits per heavy atom. The van der Waals surface area contributed by atoms with E-state index in [4.69, 9.17) is 21.1 Å². The molecule has 2 heterocycles. The van der Waals surface area contributed by atoms with Crippen molar-refractivity contribution in [2.75, 3.05) is 5.32 Å². The zero-order chi connectivity index (χ0) is 14.5. The van der Waals surface area contributed by atoms with Crippen molar-refractivity contribution in [2.24, 2.45) is 0 Å². The number of carboxylic acids is 1. The van der Waals surface area contributed by atoms with Gasteiger partial charge in [0.1, 0.15) is 5.82 Å². The van der Waals surface area contributed by atoms with E-state index < -0.39 is 11.9 Å². The number of nitrogens with zero attached hydrogens (tertiary/aromatic N) is 1. The lowest BCUT2D eigenvalue weighted by molar-refractivity contribution is -0.131. The number of halogens is 1. The molecule has 0 aliphatic carbocycles. The molecule has 2 aromatic heterocycles. The molecule has 0 bridgehead atoms. The summed E-state index contributed by atoms with van der Waals surface area (Å²) in [5, 5.41) is 11.2. The second kappa shape index (κ2) is 6.03. The molecule has 0 atom stereocenters. The molecule has 20 heavy (non-hydrogen) atoms. The van der Waals surface area contributed by atoms with Gasteiger partial charge in [0.2, 0.25) is 0 Å². The van der Waals surface area contributed by atoms with Crippen LogP contribution in [0.15, 0.2) is 40.8 Å². The van der Waals surface area contributed by atoms with Crippen LogP contribution < -0.4 is 5.32 Å². The fourth-order valence-electron chi connectivity index (χ4n) is 1.38. The summed E-state index contributed by atoms with van der Waals surface area (Å²) in [5.41, 5.74) is 0.405. The average Bonchev–Trinajstić information content (AvgIpc) is 2.84. The van der Waals surface area contributed by atoms with Crippen LogP contribution >= 0.6 is 11.6 Å². The highest BCUT2D eigenvalue weighted by Crippen LogP contribution is 2.15. The number of carbonyl (C=O) groups excluding carboxylic acids is 1. The van der Waals surface area contributed by atoms with Crippen molar-refractivity contribution in [3.8, 4) is 0 Å². The van der Waals surface area contributed by atoms with Gasteiger partial charge in [0.05, 0.1) is 5.69 Å². The van der Waals surface area contributed by atoms with Gasteiger partial charge in [-0.05, 0) is 41.9 Å². The summed E-state index contributed by atoms with van der Waals surface area (Å²) in [5.74, 6) is -1.24. The van der Waals surface area contributed by atoms with E-state index in [9.17, 15) is 9.59 Å². The summed E-state index contributed by atoms with van der Waals surface area (Å²) < 4.78 is 4.96. The SMILES string of the molecule is O=C(O)C=Cc1cccc(NC(=O)c2ccc(Cl)o2)n1. The number of furan rings is 1. The largest absolute Gasteiger partial charge is 0.478 e. The third-order valence-electron chi connectivity index (χ3n) is 2.21. The molecule has 0 aromatic carbocycles. The maximum absolute atomic E-state index is 11.8. The second-order valence-electron chi connectivity index (χ2n) is 3.68. The Balaban J connectivity index is 2.11. The lowest BCUT2D eigenvalue weighted by Crippen LogP contribution is -2.12. The van der Waals surface area contributed by atoms with Gasteiger partial charge in [-0.25, -0.2) is 9.78 Å². The third kappa shape index (κ3) is 3.69. The number of anilines is 1. The second-order valence-corrected chi connectivity index (χ2v) is 4.05. The first kappa shape index (κ1) is 13.8. The van der Waals surface area contributed by atoms with Crippen LogP contribution in [0.1, 0.15) is 16.2 Å². The maximum atomic E-state index is 11.8. The highest BCUT2D eigenvalue weighted by molar-refractivity contribution is 6.29. The van der Waals surface area contributed by atoms with Gasteiger partial charge in [-0.3, -0.25) is 4.79 Å². The van der Waals surface area contributed by atoms with Crippen LogP contribution in [0.25, 0.3) is 6.08 Å². The van der Waals surface area contributed by atoms with Crippen LogP contribution in [0.5, 0.6) is 0 Å². The molecule has 0 radical (unpaired) electrons. The molecule has 0 spiro atoms. The Morgan fingerprint density at radius 3 is 2.75 bits per heavy atom. The summed E-state index contributed by atoms with van der Waals surface area (Å²) in [6.07, 6.45) is 2.28. The molecule has 0 aliphatic heterocycles. The molecule has 2 aromatic rings. The van der Waals surface area contributed by atoms with Gasteiger partial charge in [-0.15, -0.1) is 0 Å². The van der Waals surface area contributed by atoms with E-state index in [2.05, 4.69) is 10.3 Å². The van der Waals surface area contributed by atoms with Crippen molar-refractivity contribution in [2.45, 2.75) is 0 Å². The first-order valence-electron chi connectivity index (χ1n) is 5.49. The molecule has 0 saturated carbocycles. The first-order chi connectivity index (χ1) is 9.54. The molecular weight excluding hydrogens is 284 g/mol. The molecule has 2 N–H and O–H groups in total. The van der Waals surface area contributed by atoms with Crippen molar-refractivity contribution in [1.29, 1.82) is 0 Å². The molecule has 2 rings (SSSR count). The smallest absolute Gasteiger partial charge is 0.328 e. The Labute approximate surface area is 118 Å². The molecule has 7 heteroatoms. The quantitative estimate of drug-likeness (QED) is 0.845.